The van der Waals surface area contributed by atoms with Gasteiger partial charge in [-0.2, -0.15) is 5.26 Å². The first kappa shape index (κ1) is 29.6. The van der Waals surface area contributed by atoms with Crippen LogP contribution in [0.1, 0.15) is 75.3 Å². The number of ether oxygens (including phenoxy) is 2. The molecule has 1 N–H and O–H groups in total. The topological polar surface area (TPSA) is 121 Å². The van der Waals surface area contributed by atoms with Crippen LogP contribution in [-0.4, -0.2) is 68.1 Å². The Hall–Kier alpha value is -3.42. The number of nitrogens with zero attached hydrogens (tertiary/aromatic N) is 4. The minimum atomic E-state index is -0.537. The Labute approximate surface area is 236 Å². The zero-order valence-corrected chi connectivity index (χ0v) is 24.1. The maximum absolute atomic E-state index is 13.9. The highest BCUT2D eigenvalue weighted by Crippen LogP contribution is 2.34. The average molecular weight is 552 g/mol. The van der Waals surface area contributed by atoms with Gasteiger partial charge in [-0.3, -0.25) is 9.59 Å². The second-order valence-electron chi connectivity index (χ2n) is 11.1. The molecule has 0 spiro atoms. The number of nitriles is 1. The number of aromatic nitrogens is 1. The fraction of sp³-hybridized carbons (Fsp3) is 0.600. The van der Waals surface area contributed by atoms with Gasteiger partial charge in [0.1, 0.15) is 12.0 Å². The van der Waals surface area contributed by atoms with E-state index in [4.69, 9.17) is 19.3 Å². The van der Waals surface area contributed by atoms with Crippen LogP contribution in [0.4, 0.5) is 5.82 Å². The molecule has 2 aliphatic heterocycles. The van der Waals surface area contributed by atoms with Crippen molar-refractivity contribution in [2.24, 2.45) is 11.8 Å². The van der Waals surface area contributed by atoms with Gasteiger partial charge in [-0.1, -0.05) is 31.1 Å². The van der Waals surface area contributed by atoms with Gasteiger partial charge in [0.05, 0.1) is 17.7 Å². The average Bonchev–Trinajstić information content (AvgIpc) is 3.65. The summed E-state index contributed by atoms with van der Waals surface area (Å²) in [6.45, 7) is 8.01. The summed E-state index contributed by atoms with van der Waals surface area (Å²) in [4.78, 5) is 31.1. The van der Waals surface area contributed by atoms with E-state index < -0.39 is 12.0 Å². The predicted octanol–water partition coefficient (Wildman–Crippen LogP) is 3.99. The number of carbonyl (C=O) groups is 2. The van der Waals surface area contributed by atoms with Crippen LogP contribution < -0.4 is 10.2 Å². The molecule has 10 nitrogen and oxygen atoms in total. The molecular formula is C30H41N5O5. The quantitative estimate of drug-likeness (QED) is 0.440. The maximum Gasteiger partial charge on any atom is 0.243 e. The lowest BCUT2D eigenvalue weighted by Gasteiger charge is -2.34. The summed E-state index contributed by atoms with van der Waals surface area (Å²) < 4.78 is 16.6. The molecule has 1 unspecified atom stereocenters. The van der Waals surface area contributed by atoms with Crippen LogP contribution in [0.2, 0.25) is 0 Å². The Bertz CT molecular complexity index is 1180. The lowest BCUT2D eigenvalue weighted by molar-refractivity contribution is -0.141. The third kappa shape index (κ3) is 6.48. The number of anilines is 1. The number of amides is 2. The minimum Gasteiger partial charge on any atom is -0.358 e. The van der Waals surface area contributed by atoms with Gasteiger partial charge in [0.2, 0.25) is 11.8 Å². The van der Waals surface area contributed by atoms with Gasteiger partial charge in [-0.05, 0) is 56.2 Å². The first-order chi connectivity index (χ1) is 19.3. The van der Waals surface area contributed by atoms with Crippen LogP contribution in [0.3, 0.4) is 0 Å². The largest absolute Gasteiger partial charge is 0.358 e. The second-order valence-corrected chi connectivity index (χ2v) is 11.1. The van der Waals surface area contributed by atoms with E-state index in [2.05, 4.69) is 21.4 Å². The van der Waals surface area contributed by atoms with E-state index >= 15 is 0 Å². The van der Waals surface area contributed by atoms with E-state index in [0.717, 1.165) is 43.7 Å². The molecular weight excluding hydrogens is 510 g/mol. The highest BCUT2D eigenvalue weighted by Gasteiger charge is 2.40. The number of hydrogen-bond acceptors (Lipinski definition) is 8. The molecule has 3 heterocycles. The van der Waals surface area contributed by atoms with Crippen molar-refractivity contribution in [3.05, 3.63) is 47.2 Å². The first-order valence-corrected chi connectivity index (χ1v) is 14.1. The monoisotopic (exact) mass is 551 g/mol. The second kappa shape index (κ2) is 13.3. The summed E-state index contributed by atoms with van der Waals surface area (Å²) in [6, 6.07) is 10.4. The Morgan fingerprint density at radius 3 is 2.35 bits per heavy atom. The molecule has 0 aliphatic carbocycles. The van der Waals surface area contributed by atoms with Gasteiger partial charge < -0.3 is 29.1 Å². The van der Waals surface area contributed by atoms with Gasteiger partial charge in [0.15, 0.2) is 17.9 Å². The van der Waals surface area contributed by atoms with Crippen LogP contribution in [0.25, 0.3) is 0 Å². The highest BCUT2D eigenvalue weighted by atomic mass is 16.7. The van der Waals surface area contributed by atoms with Gasteiger partial charge in [-0.15, -0.1) is 0 Å². The number of hydrogen-bond donors (Lipinski definition) is 1. The maximum atomic E-state index is 13.9. The number of rotatable bonds is 10. The van der Waals surface area contributed by atoms with E-state index in [9.17, 15) is 9.59 Å². The summed E-state index contributed by atoms with van der Waals surface area (Å²) in [5, 5.41) is 16.4. The number of carbonyl (C=O) groups excluding carboxylic acids is 2. The van der Waals surface area contributed by atoms with E-state index in [1.54, 1.807) is 31.3 Å². The summed E-state index contributed by atoms with van der Waals surface area (Å²) in [5.74, 6) is 0.728. The van der Waals surface area contributed by atoms with Gasteiger partial charge >= 0.3 is 0 Å². The lowest BCUT2D eigenvalue weighted by Crippen LogP contribution is -2.48. The fourth-order valence-corrected chi connectivity index (χ4v) is 5.91. The zero-order chi connectivity index (χ0) is 28.8. The minimum absolute atomic E-state index is 0.0370. The molecule has 3 atom stereocenters. The molecule has 4 rings (SSSR count). The van der Waals surface area contributed by atoms with Crippen molar-refractivity contribution in [2.45, 2.75) is 70.7 Å². The van der Waals surface area contributed by atoms with E-state index in [0.29, 0.717) is 30.2 Å². The molecule has 1 aromatic carbocycles. The third-order valence-corrected chi connectivity index (χ3v) is 8.21. The van der Waals surface area contributed by atoms with Gasteiger partial charge in [0.25, 0.3) is 0 Å². The number of piperidine rings is 1. The Morgan fingerprint density at radius 1 is 1.07 bits per heavy atom. The standard InChI is InChI=1S/C30H41N5O5/c1-19(2)27(25-17-26(33-40-25)34-15-12-23(13-16-34)30(38-4)39-5)29(37)35-14-6-7-24(35)28(36)32-20(3)22-10-8-21(18-31)9-11-22/h8-11,17,19-20,23-24,27,30H,6-7,12-16H2,1-5H3,(H,32,36)/t20-,24-,27?/m0/s1. The number of benzene rings is 1. The first-order valence-electron chi connectivity index (χ1n) is 14.1. The van der Waals surface area contributed by atoms with E-state index in [1.165, 1.54) is 0 Å². The SMILES string of the molecule is COC(OC)C1CCN(c2cc(C(C(=O)N3CCC[C@H]3C(=O)N[C@@H](C)c3ccc(C#N)cc3)C(C)C)on2)CC1. The molecule has 10 heteroatoms. The highest BCUT2D eigenvalue weighted by molar-refractivity contribution is 5.91. The number of likely N-dealkylation sites (tertiary alicyclic amines) is 1. The van der Waals surface area contributed by atoms with Crippen molar-refractivity contribution >= 4 is 17.6 Å². The van der Waals surface area contributed by atoms with Crippen molar-refractivity contribution < 1.29 is 23.6 Å². The molecule has 2 aromatic rings. The third-order valence-electron chi connectivity index (χ3n) is 8.21. The van der Waals surface area contributed by atoms with Crippen LogP contribution in [0.15, 0.2) is 34.9 Å². The summed E-state index contributed by atoms with van der Waals surface area (Å²) in [7, 11) is 3.33. The van der Waals surface area contributed by atoms with E-state index in [-0.39, 0.29) is 30.1 Å². The summed E-state index contributed by atoms with van der Waals surface area (Å²) in [5.41, 5.74) is 1.47. The fourth-order valence-electron chi connectivity index (χ4n) is 5.91. The van der Waals surface area contributed by atoms with Crippen molar-refractivity contribution in [2.75, 3.05) is 38.8 Å². The van der Waals surface area contributed by atoms with Crippen LogP contribution in [0, 0.1) is 23.2 Å². The molecule has 0 radical (unpaired) electrons. The summed E-state index contributed by atoms with van der Waals surface area (Å²) in [6.07, 6.45) is 2.98. The van der Waals surface area contributed by atoms with Crippen molar-refractivity contribution in [3.63, 3.8) is 0 Å². The predicted molar refractivity (Wildman–Crippen MR) is 149 cm³/mol. The Morgan fingerprint density at radius 2 is 1.75 bits per heavy atom. The molecule has 2 amide bonds. The Kier molecular flexibility index (Phi) is 9.82. The summed E-state index contributed by atoms with van der Waals surface area (Å²) >= 11 is 0. The molecule has 40 heavy (non-hydrogen) atoms. The van der Waals surface area contributed by atoms with Gasteiger partial charge in [-0.25, -0.2) is 0 Å². The molecule has 0 saturated carbocycles. The molecule has 2 aliphatic rings. The zero-order valence-electron chi connectivity index (χ0n) is 24.1. The normalized spacial score (nSPS) is 19.6. The van der Waals surface area contributed by atoms with Crippen molar-refractivity contribution in [1.82, 2.24) is 15.4 Å². The van der Waals surface area contributed by atoms with Crippen LogP contribution in [0.5, 0.6) is 0 Å². The number of methoxy groups -OCH3 is 2. The van der Waals surface area contributed by atoms with Crippen molar-refractivity contribution in [1.29, 1.82) is 5.26 Å². The molecule has 2 saturated heterocycles. The molecule has 0 bridgehead atoms. The lowest BCUT2D eigenvalue weighted by atomic mass is 9.91. The van der Waals surface area contributed by atoms with Crippen molar-refractivity contribution in [3.8, 4) is 6.07 Å². The van der Waals surface area contributed by atoms with Gasteiger partial charge in [0, 0.05) is 45.8 Å². The number of nitrogens with one attached hydrogen (secondary N) is 1. The Balaban J connectivity index is 1.42. The van der Waals surface area contributed by atoms with E-state index in [1.807, 2.05) is 39.0 Å². The van der Waals surface area contributed by atoms with Crippen LogP contribution >= 0.6 is 0 Å². The molecule has 1 aromatic heterocycles. The smallest absolute Gasteiger partial charge is 0.243 e. The van der Waals surface area contributed by atoms with Crippen LogP contribution in [-0.2, 0) is 19.1 Å². The molecule has 216 valence electrons. The molecule has 2 fully saturated rings.